The minimum Gasteiger partial charge on any atom is -0.485 e. The molecular formula is C18H25NO4. The van der Waals surface area contributed by atoms with Gasteiger partial charge in [0, 0.05) is 6.54 Å². The van der Waals surface area contributed by atoms with E-state index < -0.39 is 6.10 Å². The summed E-state index contributed by atoms with van der Waals surface area (Å²) < 4.78 is 16.8. The molecule has 3 rings (SSSR count). The van der Waals surface area contributed by atoms with Crippen LogP contribution in [0.25, 0.3) is 0 Å². The average Bonchev–Trinajstić information content (AvgIpc) is 2.56. The van der Waals surface area contributed by atoms with Gasteiger partial charge in [-0.05, 0) is 50.9 Å². The number of hydrogen-bond acceptors (Lipinski definition) is 5. The van der Waals surface area contributed by atoms with Gasteiger partial charge in [0.1, 0.15) is 12.7 Å². The van der Waals surface area contributed by atoms with E-state index >= 15 is 0 Å². The molecule has 0 bridgehead atoms. The summed E-state index contributed by atoms with van der Waals surface area (Å²) in [6.45, 7) is 7.37. The van der Waals surface area contributed by atoms with E-state index in [1.165, 1.54) is 12.8 Å². The Morgan fingerprint density at radius 2 is 2.00 bits per heavy atom. The van der Waals surface area contributed by atoms with Crippen molar-refractivity contribution in [3.8, 4) is 11.5 Å². The Morgan fingerprint density at radius 1 is 1.30 bits per heavy atom. The van der Waals surface area contributed by atoms with Crippen molar-refractivity contribution < 1.29 is 19.0 Å². The number of nitrogens with zero attached hydrogens (tertiary/aromatic N) is 1. The summed E-state index contributed by atoms with van der Waals surface area (Å²) in [6, 6.07) is 7.36. The van der Waals surface area contributed by atoms with E-state index in [4.69, 9.17) is 14.2 Å². The quantitative estimate of drug-likeness (QED) is 0.798. The predicted octanol–water partition coefficient (Wildman–Crippen LogP) is 2.49. The summed E-state index contributed by atoms with van der Waals surface area (Å²) in [4.78, 5) is 14.6. The Bertz CT molecular complexity index is 540. The smallest absolute Gasteiger partial charge is 0.351 e. The standard InChI is InChI=1S/C18H25NO4/c1-13-7-9-19(10-8-13)11-14(2)22-18(20)17-12-21-15-5-3-4-6-16(15)23-17/h3-6,13-14,17H,7-12H2,1-2H3. The van der Waals surface area contributed by atoms with Gasteiger partial charge in [-0.25, -0.2) is 4.79 Å². The first-order valence-electron chi connectivity index (χ1n) is 8.43. The number of benzene rings is 1. The van der Waals surface area contributed by atoms with Crippen LogP contribution in [0.3, 0.4) is 0 Å². The molecule has 2 aliphatic rings. The molecule has 5 nitrogen and oxygen atoms in total. The number of fused-ring (bicyclic) bond motifs is 1. The van der Waals surface area contributed by atoms with Crippen molar-refractivity contribution in [2.24, 2.45) is 5.92 Å². The molecule has 2 heterocycles. The fourth-order valence-electron chi connectivity index (χ4n) is 3.06. The van der Waals surface area contributed by atoms with Crippen LogP contribution in [0.2, 0.25) is 0 Å². The van der Waals surface area contributed by atoms with E-state index in [-0.39, 0.29) is 18.7 Å². The number of rotatable bonds is 4. The molecule has 0 radical (unpaired) electrons. The van der Waals surface area contributed by atoms with E-state index in [9.17, 15) is 4.79 Å². The summed E-state index contributed by atoms with van der Waals surface area (Å²) in [5, 5.41) is 0. The highest BCUT2D eigenvalue weighted by molar-refractivity contribution is 5.76. The monoisotopic (exact) mass is 319 g/mol. The zero-order chi connectivity index (χ0) is 16.2. The zero-order valence-electron chi connectivity index (χ0n) is 13.9. The summed E-state index contributed by atoms with van der Waals surface area (Å²) in [5.74, 6) is 1.72. The topological polar surface area (TPSA) is 48.0 Å². The van der Waals surface area contributed by atoms with E-state index in [0.717, 1.165) is 25.6 Å². The number of piperidine rings is 1. The molecule has 0 aliphatic carbocycles. The summed E-state index contributed by atoms with van der Waals surface area (Å²) in [6.07, 6.45) is 1.61. The van der Waals surface area contributed by atoms with E-state index in [1.54, 1.807) is 6.07 Å². The van der Waals surface area contributed by atoms with Gasteiger partial charge in [-0.1, -0.05) is 19.1 Å². The van der Waals surface area contributed by atoms with Crippen LogP contribution in [0.4, 0.5) is 0 Å². The van der Waals surface area contributed by atoms with Crippen LogP contribution in [0, 0.1) is 5.92 Å². The van der Waals surface area contributed by atoms with E-state index in [0.29, 0.717) is 11.5 Å². The molecule has 0 saturated carbocycles. The third-order valence-electron chi connectivity index (χ3n) is 4.48. The number of esters is 1. The highest BCUT2D eigenvalue weighted by atomic mass is 16.6. The van der Waals surface area contributed by atoms with Gasteiger partial charge in [0.25, 0.3) is 0 Å². The van der Waals surface area contributed by atoms with Gasteiger partial charge in [-0.2, -0.15) is 0 Å². The molecule has 2 atom stereocenters. The lowest BCUT2D eigenvalue weighted by atomic mass is 9.99. The second-order valence-corrected chi connectivity index (χ2v) is 6.59. The maximum absolute atomic E-state index is 12.3. The third-order valence-corrected chi connectivity index (χ3v) is 4.48. The number of likely N-dealkylation sites (tertiary alicyclic amines) is 1. The van der Waals surface area contributed by atoms with Crippen LogP contribution < -0.4 is 9.47 Å². The lowest BCUT2D eigenvalue weighted by molar-refractivity contribution is -0.160. The Balaban J connectivity index is 1.47. The second kappa shape index (κ2) is 7.21. The molecule has 1 aromatic rings. The third kappa shape index (κ3) is 4.16. The Morgan fingerprint density at radius 3 is 2.74 bits per heavy atom. The molecule has 0 N–H and O–H groups in total. The summed E-state index contributed by atoms with van der Waals surface area (Å²) in [5.41, 5.74) is 0. The largest absolute Gasteiger partial charge is 0.485 e. The van der Waals surface area contributed by atoms with Crippen molar-refractivity contribution in [1.82, 2.24) is 4.90 Å². The highest BCUT2D eigenvalue weighted by Gasteiger charge is 2.30. The second-order valence-electron chi connectivity index (χ2n) is 6.59. The number of carbonyl (C=O) groups is 1. The molecule has 1 aromatic carbocycles. The van der Waals surface area contributed by atoms with Crippen LogP contribution in [-0.4, -0.2) is 49.3 Å². The van der Waals surface area contributed by atoms with Gasteiger partial charge in [0.05, 0.1) is 0 Å². The van der Waals surface area contributed by atoms with E-state index in [1.807, 2.05) is 25.1 Å². The van der Waals surface area contributed by atoms with Crippen molar-refractivity contribution in [3.05, 3.63) is 24.3 Å². The molecule has 0 aromatic heterocycles. The molecule has 2 aliphatic heterocycles. The summed E-state index contributed by atoms with van der Waals surface area (Å²) in [7, 11) is 0. The molecule has 1 fully saturated rings. The summed E-state index contributed by atoms with van der Waals surface area (Å²) >= 11 is 0. The number of para-hydroxylation sites is 2. The molecule has 2 unspecified atom stereocenters. The molecule has 23 heavy (non-hydrogen) atoms. The molecule has 126 valence electrons. The normalized spacial score (nSPS) is 23.3. The van der Waals surface area contributed by atoms with Crippen LogP contribution in [0.1, 0.15) is 26.7 Å². The fraction of sp³-hybridized carbons (Fsp3) is 0.611. The lowest BCUT2D eigenvalue weighted by Gasteiger charge is -2.32. The van der Waals surface area contributed by atoms with Crippen LogP contribution >= 0.6 is 0 Å². The predicted molar refractivity (Wildman–Crippen MR) is 86.7 cm³/mol. The SMILES string of the molecule is CC1CCN(CC(C)OC(=O)C2COc3ccccc3O2)CC1. The minimum absolute atomic E-state index is 0.142. The number of ether oxygens (including phenoxy) is 3. The minimum atomic E-state index is -0.686. The van der Waals surface area contributed by atoms with Crippen molar-refractivity contribution in [2.75, 3.05) is 26.2 Å². The van der Waals surface area contributed by atoms with Gasteiger partial charge in [-0.15, -0.1) is 0 Å². The van der Waals surface area contributed by atoms with Crippen molar-refractivity contribution in [1.29, 1.82) is 0 Å². The number of hydrogen-bond donors (Lipinski definition) is 0. The van der Waals surface area contributed by atoms with Crippen molar-refractivity contribution >= 4 is 5.97 Å². The maximum Gasteiger partial charge on any atom is 0.351 e. The Kier molecular flexibility index (Phi) is 5.06. The first kappa shape index (κ1) is 16.1. The average molecular weight is 319 g/mol. The zero-order valence-corrected chi connectivity index (χ0v) is 13.9. The van der Waals surface area contributed by atoms with Crippen molar-refractivity contribution in [2.45, 2.75) is 38.9 Å². The highest BCUT2D eigenvalue weighted by Crippen LogP contribution is 2.31. The molecule has 5 heteroatoms. The van der Waals surface area contributed by atoms with Crippen LogP contribution in [0.15, 0.2) is 24.3 Å². The van der Waals surface area contributed by atoms with Crippen LogP contribution in [-0.2, 0) is 9.53 Å². The Hall–Kier alpha value is -1.75. The molecule has 0 amide bonds. The van der Waals surface area contributed by atoms with Gasteiger partial charge in [0.15, 0.2) is 11.5 Å². The van der Waals surface area contributed by atoms with Crippen molar-refractivity contribution in [3.63, 3.8) is 0 Å². The van der Waals surface area contributed by atoms with E-state index in [2.05, 4.69) is 11.8 Å². The first-order valence-corrected chi connectivity index (χ1v) is 8.43. The first-order chi connectivity index (χ1) is 11.1. The lowest BCUT2D eigenvalue weighted by Crippen LogP contribution is -2.43. The number of carbonyl (C=O) groups excluding carboxylic acids is 1. The van der Waals surface area contributed by atoms with Gasteiger partial charge in [0.2, 0.25) is 6.10 Å². The molecule has 1 saturated heterocycles. The maximum atomic E-state index is 12.3. The Labute approximate surface area is 137 Å². The van der Waals surface area contributed by atoms with Gasteiger partial charge in [-0.3, -0.25) is 4.90 Å². The van der Waals surface area contributed by atoms with Gasteiger partial charge < -0.3 is 14.2 Å². The van der Waals surface area contributed by atoms with Crippen LogP contribution in [0.5, 0.6) is 11.5 Å². The molecular weight excluding hydrogens is 294 g/mol. The molecule has 0 spiro atoms. The van der Waals surface area contributed by atoms with Gasteiger partial charge >= 0.3 is 5.97 Å². The fourth-order valence-corrected chi connectivity index (χ4v) is 3.06.